The second-order valence-corrected chi connectivity index (χ2v) is 7.45. The van der Waals surface area contributed by atoms with Crippen LogP contribution < -0.4 is 5.32 Å². The summed E-state index contributed by atoms with van der Waals surface area (Å²) in [6.45, 7) is 4.39. The first-order valence-corrected chi connectivity index (χ1v) is 8.92. The molecule has 6 nitrogen and oxygen atoms in total. The molecular formula is C13H24N2O4S. The van der Waals surface area contributed by atoms with Crippen molar-refractivity contribution in [3.05, 3.63) is 0 Å². The third-order valence-corrected chi connectivity index (χ3v) is 5.24. The molecule has 0 saturated carbocycles. The number of hydrogen-bond acceptors (Lipinski definition) is 4. The average molecular weight is 304 g/mol. The molecule has 1 atom stereocenters. The summed E-state index contributed by atoms with van der Waals surface area (Å²) < 4.78 is 22.9. The lowest BCUT2D eigenvalue weighted by Gasteiger charge is -2.26. The molecule has 1 rings (SSSR count). The number of carbonyl (C=O) groups is 2. The molecule has 1 unspecified atom stereocenters. The standard InChI is InChI=1S/C13H24N2O4S/c1-3-4-7-14-13(17)5-8-15(11(2)16)12-6-9-20(18,19)10-12/h12H,3-10H2,1-2H3,(H,14,17). The number of carbonyl (C=O) groups excluding carboxylic acids is 2. The van der Waals surface area contributed by atoms with Gasteiger partial charge in [0.1, 0.15) is 0 Å². The van der Waals surface area contributed by atoms with Crippen LogP contribution in [0.3, 0.4) is 0 Å². The molecule has 1 saturated heterocycles. The zero-order valence-electron chi connectivity index (χ0n) is 12.2. The van der Waals surface area contributed by atoms with E-state index in [1.807, 2.05) is 6.92 Å². The van der Waals surface area contributed by atoms with Gasteiger partial charge in [0.05, 0.1) is 11.5 Å². The van der Waals surface area contributed by atoms with Crippen molar-refractivity contribution in [1.29, 1.82) is 0 Å². The van der Waals surface area contributed by atoms with E-state index in [9.17, 15) is 18.0 Å². The van der Waals surface area contributed by atoms with Crippen molar-refractivity contribution in [3.8, 4) is 0 Å². The summed E-state index contributed by atoms with van der Waals surface area (Å²) in [5.41, 5.74) is 0. The van der Waals surface area contributed by atoms with Crippen LogP contribution in [0.15, 0.2) is 0 Å². The van der Waals surface area contributed by atoms with E-state index in [4.69, 9.17) is 0 Å². The second-order valence-electron chi connectivity index (χ2n) is 5.22. The van der Waals surface area contributed by atoms with Crippen molar-refractivity contribution in [2.45, 2.75) is 45.6 Å². The fraction of sp³-hybridized carbons (Fsp3) is 0.846. The van der Waals surface area contributed by atoms with Crippen molar-refractivity contribution in [1.82, 2.24) is 10.2 Å². The maximum atomic E-state index is 11.6. The van der Waals surface area contributed by atoms with Crippen LogP contribution in [0.4, 0.5) is 0 Å². The molecule has 1 fully saturated rings. The fourth-order valence-corrected chi connectivity index (χ4v) is 4.06. The molecule has 0 aromatic rings. The molecule has 0 aromatic heterocycles. The Bertz CT molecular complexity index is 447. The van der Waals surface area contributed by atoms with E-state index in [-0.39, 0.29) is 42.3 Å². The molecule has 1 aliphatic rings. The van der Waals surface area contributed by atoms with E-state index < -0.39 is 9.84 Å². The van der Waals surface area contributed by atoms with Gasteiger partial charge < -0.3 is 10.2 Å². The summed E-state index contributed by atoms with van der Waals surface area (Å²) in [5.74, 6) is -0.118. The second kappa shape index (κ2) is 7.61. The predicted molar refractivity (Wildman–Crippen MR) is 77.0 cm³/mol. The molecule has 0 aliphatic carbocycles. The van der Waals surface area contributed by atoms with Crippen LogP contribution in [0, 0.1) is 0 Å². The molecule has 2 amide bonds. The van der Waals surface area contributed by atoms with Gasteiger partial charge >= 0.3 is 0 Å². The zero-order chi connectivity index (χ0) is 15.2. The first kappa shape index (κ1) is 16.9. The summed E-state index contributed by atoms with van der Waals surface area (Å²) in [6, 6.07) is -0.277. The Morgan fingerprint density at radius 3 is 2.55 bits per heavy atom. The molecule has 0 radical (unpaired) electrons. The number of unbranched alkanes of at least 4 members (excludes halogenated alkanes) is 1. The fourth-order valence-electron chi connectivity index (χ4n) is 2.33. The van der Waals surface area contributed by atoms with Gasteiger partial charge in [-0.2, -0.15) is 0 Å². The van der Waals surface area contributed by atoms with Crippen molar-refractivity contribution in [2.75, 3.05) is 24.6 Å². The number of nitrogens with one attached hydrogen (secondary N) is 1. The lowest BCUT2D eigenvalue weighted by atomic mass is 10.2. The number of rotatable bonds is 7. The maximum absolute atomic E-state index is 11.6. The summed E-state index contributed by atoms with van der Waals surface area (Å²) in [6.07, 6.45) is 2.64. The first-order valence-electron chi connectivity index (χ1n) is 7.10. The molecule has 1 heterocycles. The molecule has 116 valence electrons. The third kappa shape index (κ3) is 5.48. The van der Waals surface area contributed by atoms with E-state index in [2.05, 4.69) is 5.32 Å². The van der Waals surface area contributed by atoms with Crippen LogP contribution in [0.1, 0.15) is 39.5 Å². The monoisotopic (exact) mass is 304 g/mol. The molecule has 0 spiro atoms. The van der Waals surface area contributed by atoms with Crippen LogP contribution in [0.5, 0.6) is 0 Å². The largest absolute Gasteiger partial charge is 0.356 e. The number of nitrogens with zero attached hydrogens (tertiary/aromatic N) is 1. The maximum Gasteiger partial charge on any atom is 0.221 e. The molecule has 20 heavy (non-hydrogen) atoms. The van der Waals surface area contributed by atoms with Crippen LogP contribution in [-0.2, 0) is 19.4 Å². The van der Waals surface area contributed by atoms with Crippen molar-refractivity contribution in [3.63, 3.8) is 0 Å². The van der Waals surface area contributed by atoms with Crippen molar-refractivity contribution >= 4 is 21.7 Å². The zero-order valence-corrected chi connectivity index (χ0v) is 13.0. The highest BCUT2D eigenvalue weighted by Crippen LogP contribution is 2.18. The normalized spacial score (nSPS) is 20.6. The molecule has 1 aliphatic heterocycles. The van der Waals surface area contributed by atoms with E-state index in [0.717, 1.165) is 12.8 Å². The van der Waals surface area contributed by atoms with Crippen LogP contribution in [0.25, 0.3) is 0 Å². The Labute approximate surface area is 120 Å². The highest BCUT2D eigenvalue weighted by Gasteiger charge is 2.33. The van der Waals surface area contributed by atoms with Crippen molar-refractivity contribution in [2.24, 2.45) is 0 Å². The van der Waals surface area contributed by atoms with Gasteiger partial charge in [-0.05, 0) is 12.8 Å². The molecule has 0 bridgehead atoms. The van der Waals surface area contributed by atoms with E-state index in [0.29, 0.717) is 13.0 Å². The Morgan fingerprint density at radius 2 is 2.05 bits per heavy atom. The lowest BCUT2D eigenvalue weighted by Crippen LogP contribution is -2.42. The SMILES string of the molecule is CCCCNC(=O)CCN(C(C)=O)C1CCS(=O)(=O)C1. The minimum Gasteiger partial charge on any atom is -0.356 e. The topological polar surface area (TPSA) is 83.6 Å². The Balaban J connectivity index is 2.44. The Hall–Kier alpha value is -1.11. The average Bonchev–Trinajstić information content (AvgIpc) is 2.69. The minimum absolute atomic E-state index is 0.0179. The number of hydrogen-bond donors (Lipinski definition) is 1. The van der Waals surface area contributed by atoms with Crippen molar-refractivity contribution < 1.29 is 18.0 Å². The van der Waals surface area contributed by atoms with Gasteiger partial charge in [0.25, 0.3) is 0 Å². The van der Waals surface area contributed by atoms with Crippen LogP contribution in [0.2, 0.25) is 0 Å². The molecule has 0 aromatic carbocycles. The first-order chi connectivity index (χ1) is 9.35. The van der Waals surface area contributed by atoms with E-state index >= 15 is 0 Å². The number of sulfone groups is 1. The summed E-state index contributed by atoms with van der Waals surface area (Å²) in [4.78, 5) is 24.8. The Kier molecular flexibility index (Phi) is 6.45. The van der Waals surface area contributed by atoms with Gasteiger partial charge in [-0.3, -0.25) is 9.59 Å². The lowest BCUT2D eigenvalue weighted by molar-refractivity contribution is -0.131. The van der Waals surface area contributed by atoms with Crippen LogP contribution in [-0.4, -0.2) is 55.8 Å². The van der Waals surface area contributed by atoms with Gasteiger partial charge in [0, 0.05) is 32.5 Å². The minimum atomic E-state index is -3.02. The quantitative estimate of drug-likeness (QED) is 0.687. The summed E-state index contributed by atoms with van der Waals surface area (Å²) >= 11 is 0. The Morgan fingerprint density at radius 1 is 1.35 bits per heavy atom. The van der Waals surface area contributed by atoms with E-state index in [1.54, 1.807) is 0 Å². The third-order valence-electron chi connectivity index (χ3n) is 3.49. The van der Waals surface area contributed by atoms with Gasteiger partial charge in [-0.25, -0.2) is 8.42 Å². The predicted octanol–water partition coefficient (Wildman–Crippen LogP) is 0.328. The van der Waals surface area contributed by atoms with Gasteiger partial charge in [-0.15, -0.1) is 0 Å². The van der Waals surface area contributed by atoms with Gasteiger partial charge in [0.2, 0.25) is 11.8 Å². The van der Waals surface area contributed by atoms with Crippen LogP contribution >= 0.6 is 0 Å². The van der Waals surface area contributed by atoms with Gasteiger partial charge in [0.15, 0.2) is 9.84 Å². The highest BCUT2D eigenvalue weighted by molar-refractivity contribution is 7.91. The summed E-state index contributed by atoms with van der Waals surface area (Å²) in [5, 5.41) is 2.79. The molecular weight excluding hydrogens is 280 g/mol. The summed E-state index contributed by atoms with van der Waals surface area (Å²) in [7, 11) is -3.02. The number of amides is 2. The molecule has 1 N–H and O–H groups in total. The highest BCUT2D eigenvalue weighted by atomic mass is 32.2. The molecule has 7 heteroatoms. The van der Waals surface area contributed by atoms with Gasteiger partial charge in [-0.1, -0.05) is 13.3 Å². The van der Waals surface area contributed by atoms with E-state index in [1.165, 1.54) is 11.8 Å². The smallest absolute Gasteiger partial charge is 0.221 e.